The van der Waals surface area contributed by atoms with Gasteiger partial charge in [0.15, 0.2) is 0 Å². The molecule has 0 aromatic carbocycles. The maximum Gasteiger partial charge on any atom is 0.138 e. The zero-order valence-corrected chi connectivity index (χ0v) is 6.12. The predicted octanol–water partition coefficient (Wildman–Crippen LogP) is 1.62. The molecule has 2 nitrogen and oxygen atoms in total. The summed E-state index contributed by atoms with van der Waals surface area (Å²) in [6, 6.07) is 5.86. The summed E-state index contributed by atoms with van der Waals surface area (Å²) in [6.45, 7) is 0. The van der Waals surface area contributed by atoms with Crippen molar-refractivity contribution in [3.63, 3.8) is 0 Å². The number of thiol groups is 1. The summed E-state index contributed by atoms with van der Waals surface area (Å²) in [5.74, 6) is 0. The van der Waals surface area contributed by atoms with Crippen molar-refractivity contribution >= 4 is 18.3 Å². The molecule has 50 valence electrons. The second kappa shape index (κ2) is 2.02. The van der Waals surface area contributed by atoms with E-state index in [4.69, 9.17) is 0 Å². The fourth-order valence-electron chi connectivity index (χ4n) is 0.921. The quantitative estimate of drug-likeness (QED) is 0.565. The molecule has 0 fully saturated rings. The van der Waals surface area contributed by atoms with Gasteiger partial charge in [-0.15, -0.1) is 12.6 Å². The van der Waals surface area contributed by atoms with Crippen LogP contribution in [0.1, 0.15) is 0 Å². The molecule has 0 aliphatic rings. The molecular formula is C7H6N2S. The summed E-state index contributed by atoms with van der Waals surface area (Å²) in [4.78, 5) is 4.14. The second-order valence-corrected chi connectivity index (χ2v) is 2.52. The van der Waals surface area contributed by atoms with E-state index in [1.807, 2.05) is 35.0 Å². The van der Waals surface area contributed by atoms with Crippen molar-refractivity contribution in [3.8, 4) is 0 Å². The maximum absolute atomic E-state index is 4.14. The molecular weight excluding hydrogens is 144 g/mol. The van der Waals surface area contributed by atoms with Crippen molar-refractivity contribution in [1.29, 1.82) is 0 Å². The van der Waals surface area contributed by atoms with Gasteiger partial charge in [-0.1, -0.05) is 6.07 Å². The van der Waals surface area contributed by atoms with Gasteiger partial charge in [0.05, 0.1) is 0 Å². The van der Waals surface area contributed by atoms with E-state index in [1.54, 1.807) is 0 Å². The number of fused-ring (bicyclic) bond motifs is 1. The van der Waals surface area contributed by atoms with Gasteiger partial charge in [-0.05, 0) is 12.1 Å². The third kappa shape index (κ3) is 0.789. The van der Waals surface area contributed by atoms with Crippen LogP contribution in [0, 0.1) is 0 Å². The van der Waals surface area contributed by atoms with E-state index in [0.717, 1.165) is 10.7 Å². The first-order valence-corrected chi connectivity index (χ1v) is 3.44. The molecule has 0 amide bonds. The molecule has 0 unspecified atom stereocenters. The number of hydrogen-bond acceptors (Lipinski definition) is 2. The van der Waals surface area contributed by atoms with E-state index in [9.17, 15) is 0 Å². The predicted molar refractivity (Wildman–Crippen MR) is 42.4 cm³/mol. The number of rotatable bonds is 0. The van der Waals surface area contributed by atoms with Crippen LogP contribution in [0.3, 0.4) is 0 Å². The Balaban J connectivity index is 2.88. The lowest BCUT2D eigenvalue weighted by molar-refractivity contribution is 1.18. The number of hydrogen-bond donors (Lipinski definition) is 1. The SMILES string of the molecule is Sc1cn2ccccc2n1. The third-order valence-corrected chi connectivity index (χ3v) is 1.57. The first-order chi connectivity index (χ1) is 4.86. The highest BCUT2D eigenvalue weighted by atomic mass is 32.1. The Hall–Kier alpha value is -0.960. The molecule has 0 atom stereocenters. The molecule has 0 saturated heterocycles. The number of nitrogens with zero attached hydrogens (tertiary/aromatic N) is 2. The molecule has 2 aromatic rings. The highest BCUT2D eigenvalue weighted by Crippen LogP contribution is 2.06. The largest absolute Gasteiger partial charge is 0.306 e. The summed E-state index contributed by atoms with van der Waals surface area (Å²) >= 11 is 4.11. The van der Waals surface area contributed by atoms with Crippen molar-refractivity contribution in [1.82, 2.24) is 9.38 Å². The fraction of sp³-hybridized carbons (Fsp3) is 0. The second-order valence-electron chi connectivity index (χ2n) is 2.07. The smallest absolute Gasteiger partial charge is 0.138 e. The molecule has 0 radical (unpaired) electrons. The lowest BCUT2D eigenvalue weighted by Crippen LogP contribution is -1.77. The summed E-state index contributed by atoms with van der Waals surface area (Å²) in [7, 11) is 0. The van der Waals surface area contributed by atoms with E-state index in [2.05, 4.69) is 17.6 Å². The molecule has 0 saturated carbocycles. The molecule has 0 spiro atoms. The number of pyridine rings is 1. The van der Waals surface area contributed by atoms with Crippen LogP contribution in [0.4, 0.5) is 0 Å². The van der Waals surface area contributed by atoms with E-state index >= 15 is 0 Å². The van der Waals surface area contributed by atoms with Gasteiger partial charge in [0.1, 0.15) is 10.7 Å². The van der Waals surface area contributed by atoms with Crippen molar-refractivity contribution in [3.05, 3.63) is 30.6 Å². The van der Waals surface area contributed by atoms with Crippen LogP contribution in [-0.2, 0) is 0 Å². The summed E-state index contributed by atoms with van der Waals surface area (Å²) in [5.41, 5.74) is 0.938. The Morgan fingerprint density at radius 3 is 3.10 bits per heavy atom. The molecule has 0 N–H and O–H groups in total. The van der Waals surface area contributed by atoms with Crippen molar-refractivity contribution in [2.45, 2.75) is 5.03 Å². The van der Waals surface area contributed by atoms with Gasteiger partial charge in [-0.25, -0.2) is 4.98 Å². The molecule has 3 heteroatoms. The summed E-state index contributed by atoms with van der Waals surface area (Å²) in [5, 5.41) is 0.756. The maximum atomic E-state index is 4.14. The summed E-state index contributed by atoms with van der Waals surface area (Å²) < 4.78 is 1.93. The fourth-order valence-corrected chi connectivity index (χ4v) is 1.15. The van der Waals surface area contributed by atoms with Crippen LogP contribution in [0.15, 0.2) is 35.6 Å². The van der Waals surface area contributed by atoms with Gasteiger partial charge in [0.2, 0.25) is 0 Å². The lowest BCUT2D eigenvalue weighted by atomic mass is 10.5. The molecule has 0 aliphatic heterocycles. The molecule has 2 heterocycles. The Kier molecular flexibility index (Phi) is 1.17. The summed E-state index contributed by atoms with van der Waals surface area (Å²) in [6.07, 6.45) is 3.82. The Labute approximate surface area is 63.9 Å². The zero-order chi connectivity index (χ0) is 6.97. The molecule has 0 aliphatic carbocycles. The standard InChI is InChI=1S/C7H6N2S/c10-7-5-9-4-2-1-3-6(9)8-7/h1-5,10H. The van der Waals surface area contributed by atoms with E-state index in [-0.39, 0.29) is 0 Å². The normalized spacial score (nSPS) is 10.5. The van der Waals surface area contributed by atoms with Crippen LogP contribution in [0.5, 0.6) is 0 Å². The average molecular weight is 150 g/mol. The third-order valence-electron chi connectivity index (χ3n) is 1.35. The van der Waals surface area contributed by atoms with Crippen LogP contribution >= 0.6 is 12.6 Å². The minimum atomic E-state index is 0.756. The molecule has 2 aromatic heterocycles. The minimum Gasteiger partial charge on any atom is -0.306 e. The topological polar surface area (TPSA) is 17.3 Å². The Morgan fingerprint density at radius 1 is 1.40 bits per heavy atom. The van der Waals surface area contributed by atoms with Crippen LogP contribution in [0.2, 0.25) is 0 Å². The van der Waals surface area contributed by atoms with Gasteiger partial charge in [-0.3, -0.25) is 0 Å². The first kappa shape index (κ1) is 5.80. The van der Waals surface area contributed by atoms with Gasteiger partial charge >= 0.3 is 0 Å². The first-order valence-electron chi connectivity index (χ1n) is 2.99. The molecule has 10 heavy (non-hydrogen) atoms. The monoisotopic (exact) mass is 150 g/mol. The van der Waals surface area contributed by atoms with Crippen LogP contribution in [0.25, 0.3) is 5.65 Å². The van der Waals surface area contributed by atoms with Gasteiger partial charge in [0.25, 0.3) is 0 Å². The van der Waals surface area contributed by atoms with Crippen molar-refractivity contribution in [2.75, 3.05) is 0 Å². The zero-order valence-electron chi connectivity index (χ0n) is 5.23. The average Bonchev–Trinajstić information content (AvgIpc) is 2.27. The van der Waals surface area contributed by atoms with Gasteiger partial charge in [-0.2, -0.15) is 0 Å². The van der Waals surface area contributed by atoms with Crippen molar-refractivity contribution in [2.24, 2.45) is 0 Å². The van der Waals surface area contributed by atoms with Crippen molar-refractivity contribution < 1.29 is 0 Å². The van der Waals surface area contributed by atoms with Crippen LogP contribution in [-0.4, -0.2) is 9.38 Å². The highest BCUT2D eigenvalue weighted by Gasteiger charge is 1.92. The Morgan fingerprint density at radius 2 is 2.30 bits per heavy atom. The van der Waals surface area contributed by atoms with E-state index in [0.29, 0.717) is 0 Å². The van der Waals surface area contributed by atoms with Gasteiger partial charge in [0, 0.05) is 12.4 Å². The lowest BCUT2D eigenvalue weighted by Gasteiger charge is -1.86. The van der Waals surface area contributed by atoms with Gasteiger partial charge < -0.3 is 4.40 Å². The number of aromatic nitrogens is 2. The number of imidazole rings is 1. The Bertz CT molecular complexity index is 320. The highest BCUT2D eigenvalue weighted by molar-refractivity contribution is 7.80. The van der Waals surface area contributed by atoms with E-state index in [1.165, 1.54) is 0 Å². The molecule has 2 rings (SSSR count). The van der Waals surface area contributed by atoms with E-state index < -0.39 is 0 Å². The van der Waals surface area contributed by atoms with Crippen LogP contribution < -0.4 is 0 Å². The molecule has 0 bridgehead atoms. The minimum absolute atomic E-state index is 0.756.